The highest BCUT2D eigenvalue weighted by atomic mass is 19.1. The molecule has 3 aromatic rings. The zero-order chi connectivity index (χ0) is 21.0. The monoisotopic (exact) mass is 413 g/mol. The van der Waals surface area contributed by atoms with Crippen LogP contribution in [0.4, 0.5) is 4.39 Å². The van der Waals surface area contributed by atoms with Crippen molar-refractivity contribution in [3.63, 3.8) is 0 Å². The van der Waals surface area contributed by atoms with Crippen LogP contribution in [0.5, 0.6) is 0 Å². The first kappa shape index (κ1) is 19.2. The van der Waals surface area contributed by atoms with Gasteiger partial charge in [-0.1, -0.05) is 60.7 Å². The van der Waals surface area contributed by atoms with Gasteiger partial charge < -0.3 is 10.0 Å². The number of halogens is 1. The van der Waals surface area contributed by atoms with Crippen LogP contribution in [0, 0.1) is 11.7 Å². The Kier molecular flexibility index (Phi) is 4.52. The van der Waals surface area contributed by atoms with Gasteiger partial charge in [0.1, 0.15) is 5.82 Å². The molecule has 2 bridgehead atoms. The molecule has 1 heterocycles. The van der Waals surface area contributed by atoms with Crippen LogP contribution in [0.1, 0.15) is 59.1 Å². The van der Waals surface area contributed by atoms with Gasteiger partial charge in [0.25, 0.3) is 0 Å². The Morgan fingerprint density at radius 1 is 0.871 bits per heavy atom. The van der Waals surface area contributed by atoms with E-state index in [2.05, 4.69) is 53.4 Å². The van der Waals surface area contributed by atoms with E-state index in [0.717, 1.165) is 38.0 Å². The quantitative estimate of drug-likeness (QED) is 0.619. The number of aliphatic hydroxyl groups excluding tert-OH is 1. The second kappa shape index (κ2) is 7.29. The number of hydrogen-bond acceptors (Lipinski definition) is 2. The van der Waals surface area contributed by atoms with Crippen molar-refractivity contribution in [2.45, 2.75) is 36.7 Å². The van der Waals surface area contributed by atoms with E-state index in [9.17, 15) is 9.50 Å². The molecule has 158 valence electrons. The Labute approximate surface area is 183 Å². The zero-order valence-corrected chi connectivity index (χ0v) is 17.7. The first-order chi connectivity index (χ1) is 15.2. The number of likely N-dealkylation sites (tertiary alicyclic amines) is 1. The predicted octanol–water partition coefficient (Wildman–Crippen LogP) is 5.41. The van der Waals surface area contributed by atoms with Crippen LogP contribution in [0.2, 0.25) is 0 Å². The molecule has 0 radical (unpaired) electrons. The fraction of sp³-hybridized carbons (Fsp3) is 0.357. The van der Waals surface area contributed by atoms with Crippen molar-refractivity contribution in [3.8, 4) is 0 Å². The van der Waals surface area contributed by atoms with Gasteiger partial charge in [-0.25, -0.2) is 4.39 Å². The second-order valence-electron chi connectivity index (χ2n) is 9.62. The van der Waals surface area contributed by atoms with Crippen LogP contribution in [0.3, 0.4) is 0 Å². The number of hydrogen-bond donors (Lipinski definition) is 1. The molecule has 1 atom stereocenters. The molecule has 2 aliphatic carbocycles. The summed E-state index contributed by atoms with van der Waals surface area (Å²) in [6.07, 6.45) is 2.62. The Hall–Kier alpha value is -2.49. The average Bonchev–Trinajstić information content (AvgIpc) is 3.32. The molecule has 6 rings (SSSR count). The number of piperidine rings is 1. The van der Waals surface area contributed by atoms with Gasteiger partial charge in [0.2, 0.25) is 0 Å². The summed E-state index contributed by atoms with van der Waals surface area (Å²) in [6.45, 7) is 3.05. The van der Waals surface area contributed by atoms with Crippen LogP contribution < -0.4 is 0 Å². The number of rotatable bonds is 4. The van der Waals surface area contributed by atoms with Gasteiger partial charge in [-0.05, 0) is 78.2 Å². The summed E-state index contributed by atoms with van der Waals surface area (Å²) in [6, 6.07) is 24.4. The van der Waals surface area contributed by atoms with E-state index >= 15 is 0 Å². The Balaban J connectivity index is 1.21. The minimum Gasteiger partial charge on any atom is -0.388 e. The van der Waals surface area contributed by atoms with Crippen molar-refractivity contribution in [1.29, 1.82) is 0 Å². The maximum atomic E-state index is 13.2. The molecule has 1 aliphatic heterocycles. The normalized spacial score (nSPS) is 25.9. The standard InChI is InChI=1S/C28H28FNO/c29-21-11-9-19(10-12-21)27(31)20-13-15-30(16-14-20)18-28-17-24(22-5-1-3-7-25(22)28)23-6-2-4-8-26(23)28/h1-12,20,24,27,31H,13-18H2/t24?,27-,28?/m0/s1. The first-order valence-electron chi connectivity index (χ1n) is 11.5. The summed E-state index contributed by atoms with van der Waals surface area (Å²) >= 11 is 0. The van der Waals surface area contributed by atoms with Gasteiger partial charge in [-0.3, -0.25) is 0 Å². The third-order valence-corrected chi connectivity index (χ3v) is 8.04. The molecule has 1 saturated heterocycles. The van der Waals surface area contributed by atoms with Gasteiger partial charge in [0.15, 0.2) is 0 Å². The van der Waals surface area contributed by atoms with Crippen molar-refractivity contribution in [2.75, 3.05) is 19.6 Å². The Morgan fingerprint density at radius 2 is 1.45 bits per heavy atom. The van der Waals surface area contributed by atoms with Crippen molar-refractivity contribution >= 4 is 0 Å². The average molecular weight is 414 g/mol. The topological polar surface area (TPSA) is 23.5 Å². The highest BCUT2D eigenvalue weighted by Gasteiger charge is 2.53. The summed E-state index contributed by atoms with van der Waals surface area (Å²) in [5, 5.41) is 10.8. The van der Waals surface area contributed by atoms with Gasteiger partial charge in [-0.2, -0.15) is 0 Å². The summed E-state index contributed by atoms with van der Waals surface area (Å²) in [5.74, 6) is 0.515. The highest BCUT2D eigenvalue weighted by molar-refractivity contribution is 5.62. The van der Waals surface area contributed by atoms with Crippen LogP contribution in [0.15, 0.2) is 72.8 Å². The molecule has 3 aliphatic rings. The Bertz CT molecular complexity index is 1050. The lowest BCUT2D eigenvalue weighted by Crippen LogP contribution is -2.44. The molecular formula is C28H28FNO. The molecular weight excluding hydrogens is 385 g/mol. The van der Waals surface area contributed by atoms with Crippen molar-refractivity contribution in [1.82, 2.24) is 4.90 Å². The van der Waals surface area contributed by atoms with Crippen molar-refractivity contribution in [3.05, 3.63) is 106 Å². The molecule has 0 spiro atoms. The van der Waals surface area contributed by atoms with E-state index in [1.165, 1.54) is 40.8 Å². The van der Waals surface area contributed by atoms with Gasteiger partial charge in [0.05, 0.1) is 6.10 Å². The SMILES string of the molecule is O[C@@H](c1ccc(F)cc1)C1CCN(CC23CC(c4ccccc42)c2ccccc23)CC1. The number of aliphatic hydroxyl groups is 1. The van der Waals surface area contributed by atoms with E-state index in [0.29, 0.717) is 5.92 Å². The zero-order valence-electron chi connectivity index (χ0n) is 17.7. The maximum absolute atomic E-state index is 13.2. The minimum absolute atomic E-state index is 0.0975. The van der Waals surface area contributed by atoms with E-state index in [-0.39, 0.29) is 17.2 Å². The smallest absolute Gasteiger partial charge is 0.123 e. The summed E-state index contributed by atoms with van der Waals surface area (Å²) in [4.78, 5) is 2.61. The van der Waals surface area contributed by atoms with Crippen molar-refractivity contribution in [2.24, 2.45) is 5.92 Å². The lowest BCUT2D eigenvalue weighted by molar-refractivity contribution is 0.0540. The molecule has 2 nitrogen and oxygen atoms in total. The summed E-state index contributed by atoms with van der Waals surface area (Å²) < 4.78 is 13.2. The van der Waals surface area contributed by atoms with Gasteiger partial charge in [-0.15, -0.1) is 0 Å². The van der Waals surface area contributed by atoms with Crippen LogP contribution in [-0.2, 0) is 5.41 Å². The second-order valence-corrected chi connectivity index (χ2v) is 9.62. The molecule has 1 N–H and O–H groups in total. The van der Waals surface area contributed by atoms with Crippen molar-refractivity contribution < 1.29 is 9.50 Å². The number of fused-ring (bicyclic) bond motifs is 8. The molecule has 0 saturated carbocycles. The molecule has 1 fully saturated rings. The van der Waals surface area contributed by atoms with Crippen LogP contribution in [0.25, 0.3) is 0 Å². The predicted molar refractivity (Wildman–Crippen MR) is 121 cm³/mol. The number of benzene rings is 3. The van der Waals surface area contributed by atoms with E-state index in [1.807, 2.05) is 0 Å². The molecule has 3 heteroatoms. The third kappa shape index (κ3) is 2.98. The lowest BCUT2D eigenvalue weighted by Gasteiger charge is -2.40. The minimum atomic E-state index is -0.510. The summed E-state index contributed by atoms with van der Waals surface area (Å²) in [5.41, 5.74) is 7.00. The van der Waals surface area contributed by atoms with Gasteiger partial charge in [0, 0.05) is 17.9 Å². The summed E-state index contributed by atoms with van der Waals surface area (Å²) in [7, 11) is 0. The molecule has 3 aromatic carbocycles. The van der Waals surface area contributed by atoms with Crippen LogP contribution in [-0.4, -0.2) is 29.6 Å². The van der Waals surface area contributed by atoms with Gasteiger partial charge >= 0.3 is 0 Å². The Morgan fingerprint density at radius 3 is 2.06 bits per heavy atom. The molecule has 0 unspecified atom stereocenters. The largest absolute Gasteiger partial charge is 0.388 e. The third-order valence-electron chi connectivity index (χ3n) is 8.04. The van der Waals surface area contributed by atoms with E-state index < -0.39 is 6.10 Å². The fourth-order valence-electron chi connectivity index (χ4n) is 6.55. The highest BCUT2D eigenvalue weighted by Crippen LogP contribution is 2.60. The molecule has 0 aromatic heterocycles. The van der Waals surface area contributed by atoms with Crippen LogP contribution >= 0.6 is 0 Å². The maximum Gasteiger partial charge on any atom is 0.123 e. The molecule has 31 heavy (non-hydrogen) atoms. The van der Waals surface area contributed by atoms with E-state index in [4.69, 9.17) is 0 Å². The first-order valence-corrected chi connectivity index (χ1v) is 11.5. The number of nitrogens with zero attached hydrogens (tertiary/aromatic N) is 1. The lowest BCUT2D eigenvalue weighted by atomic mass is 9.74. The van der Waals surface area contributed by atoms with E-state index in [1.54, 1.807) is 12.1 Å². The fourth-order valence-corrected chi connectivity index (χ4v) is 6.55. The molecule has 0 amide bonds.